The lowest BCUT2D eigenvalue weighted by Crippen LogP contribution is -2.43. The summed E-state index contributed by atoms with van der Waals surface area (Å²) in [5.41, 5.74) is 1.10. The predicted molar refractivity (Wildman–Crippen MR) is 71.3 cm³/mol. The first-order valence-corrected chi connectivity index (χ1v) is 6.75. The molecule has 0 radical (unpaired) electrons. The van der Waals surface area contributed by atoms with E-state index in [-0.39, 0.29) is 18.2 Å². The van der Waals surface area contributed by atoms with Crippen molar-refractivity contribution in [3.63, 3.8) is 0 Å². The zero-order chi connectivity index (χ0) is 12.3. The molecule has 1 aromatic carbocycles. The first-order chi connectivity index (χ1) is 8.18. The Kier molecular flexibility index (Phi) is 4.43. The molecule has 2 rings (SSSR count). The van der Waals surface area contributed by atoms with Gasteiger partial charge in [0.15, 0.2) is 0 Å². The smallest absolute Gasteiger partial charge is 0.0693 e. The van der Waals surface area contributed by atoms with Crippen molar-refractivity contribution < 1.29 is 5.11 Å². The molecular weight excluding hydrogens is 234 g/mol. The predicted octanol–water partition coefficient (Wildman–Crippen LogP) is 3.29. The number of nitrogens with one attached hydrogen (secondary N) is 1. The summed E-state index contributed by atoms with van der Waals surface area (Å²) in [5, 5.41) is 14.2. The van der Waals surface area contributed by atoms with E-state index in [0.717, 1.165) is 29.8 Å². The molecule has 2 N–H and O–H groups in total. The molecule has 0 bridgehead atoms. The van der Waals surface area contributed by atoms with Crippen LogP contribution in [0.4, 0.5) is 0 Å². The van der Waals surface area contributed by atoms with E-state index in [1.54, 1.807) is 0 Å². The Bertz CT molecular complexity index is 369. The normalized spacial score (nSPS) is 26.8. The lowest BCUT2D eigenvalue weighted by atomic mass is 9.91. The van der Waals surface area contributed by atoms with Gasteiger partial charge in [-0.1, -0.05) is 42.6 Å². The number of halogens is 1. The minimum absolute atomic E-state index is 0.182. The van der Waals surface area contributed by atoms with E-state index in [0.29, 0.717) is 0 Å². The van der Waals surface area contributed by atoms with Gasteiger partial charge in [-0.25, -0.2) is 0 Å². The number of aliphatic hydroxyl groups is 1. The van der Waals surface area contributed by atoms with E-state index in [9.17, 15) is 5.11 Å². The average molecular weight is 254 g/mol. The minimum Gasteiger partial charge on any atom is -0.392 e. The summed E-state index contributed by atoms with van der Waals surface area (Å²) < 4.78 is 0. The molecule has 0 aromatic heterocycles. The SMILES string of the molecule is C[C@H](N[C@@H]1CCCC[C@H]1O)c1ccccc1Cl. The molecule has 1 aromatic rings. The van der Waals surface area contributed by atoms with E-state index < -0.39 is 0 Å². The number of rotatable bonds is 3. The van der Waals surface area contributed by atoms with E-state index in [2.05, 4.69) is 12.2 Å². The molecule has 2 nitrogen and oxygen atoms in total. The van der Waals surface area contributed by atoms with Gasteiger partial charge in [0.25, 0.3) is 0 Å². The quantitative estimate of drug-likeness (QED) is 0.867. The first kappa shape index (κ1) is 12.9. The molecule has 0 unspecified atom stereocenters. The van der Waals surface area contributed by atoms with E-state index >= 15 is 0 Å². The standard InChI is InChI=1S/C14H20ClNO/c1-10(11-6-2-3-7-12(11)15)16-13-8-4-5-9-14(13)17/h2-3,6-7,10,13-14,16-17H,4-5,8-9H2,1H3/t10-,13+,14+/m0/s1. The van der Waals surface area contributed by atoms with Crippen LogP contribution in [-0.2, 0) is 0 Å². The molecule has 3 heteroatoms. The van der Waals surface area contributed by atoms with Crippen molar-refractivity contribution in [1.29, 1.82) is 0 Å². The number of benzene rings is 1. The molecule has 0 spiro atoms. The Morgan fingerprint density at radius 2 is 2.00 bits per heavy atom. The van der Waals surface area contributed by atoms with Crippen LogP contribution < -0.4 is 5.32 Å². The zero-order valence-electron chi connectivity index (χ0n) is 10.2. The number of aliphatic hydroxyl groups excluding tert-OH is 1. The van der Waals surface area contributed by atoms with Crippen molar-refractivity contribution in [3.8, 4) is 0 Å². The fourth-order valence-corrected chi connectivity index (χ4v) is 2.84. The number of hydrogen-bond donors (Lipinski definition) is 2. The van der Waals surface area contributed by atoms with Crippen LogP contribution in [0, 0.1) is 0 Å². The van der Waals surface area contributed by atoms with Gasteiger partial charge in [-0.2, -0.15) is 0 Å². The van der Waals surface area contributed by atoms with Crippen LogP contribution >= 0.6 is 11.6 Å². The van der Waals surface area contributed by atoms with Crippen molar-refractivity contribution in [2.24, 2.45) is 0 Å². The van der Waals surface area contributed by atoms with Crippen LogP contribution in [0.5, 0.6) is 0 Å². The lowest BCUT2D eigenvalue weighted by Gasteiger charge is -2.31. The van der Waals surface area contributed by atoms with Gasteiger partial charge in [0.1, 0.15) is 0 Å². The molecule has 94 valence electrons. The van der Waals surface area contributed by atoms with Crippen molar-refractivity contribution in [1.82, 2.24) is 5.32 Å². The zero-order valence-corrected chi connectivity index (χ0v) is 11.0. The van der Waals surface area contributed by atoms with Crippen LogP contribution in [0.2, 0.25) is 5.02 Å². The second kappa shape index (κ2) is 5.85. The van der Waals surface area contributed by atoms with Crippen LogP contribution in [0.25, 0.3) is 0 Å². The third-order valence-electron chi connectivity index (χ3n) is 3.57. The third kappa shape index (κ3) is 3.21. The maximum absolute atomic E-state index is 9.94. The highest BCUT2D eigenvalue weighted by Gasteiger charge is 2.24. The van der Waals surface area contributed by atoms with Gasteiger partial charge >= 0.3 is 0 Å². The highest BCUT2D eigenvalue weighted by atomic mass is 35.5. The largest absolute Gasteiger partial charge is 0.392 e. The highest BCUT2D eigenvalue weighted by molar-refractivity contribution is 6.31. The summed E-state index contributed by atoms with van der Waals surface area (Å²) in [5.74, 6) is 0. The monoisotopic (exact) mass is 253 g/mol. The summed E-state index contributed by atoms with van der Waals surface area (Å²) >= 11 is 6.17. The first-order valence-electron chi connectivity index (χ1n) is 6.37. The fraction of sp³-hybridized carbons (Fsp3) is 0.571. The van der Waals surface area contributed by atoms with Gasteiger partial charge in [0.2, 0.25) is 0 Å². The second-order valence-electron chi connectivity index (χ2n) is 4.87. The van der Waals surface area contributed by atoms with Gasteiger partial charge < -0.3 is 10.4 Å². The van der Waals surface area contributed by atoms with Crippen LogP contribution in [0.15, 0.2) is 24.3 Å². The van der Waals surface area contributed by atoms with Crippen LogP contribution in [-0.4, -0.2) is 17.3 Å². The van der Waals surface area contributed by atoms with Crippen LogP contribution in [0.3, 0.4) is 0 Å². The average Bonchev–Trinajstić information content (AvgIpc) is 2.32. The summed E-state index contributed by atoms with van der Waals surface area (Å²) in [6, 6.07) is 8.27. The van der Waals surface area contributed by atoms with Crippen molar-refractivity contribution >= 4 is 11.6 Å². The molecule has 1 fully saturated rings. The Morgan fingerprint density at radius 3 is 2.71 bits per heavy atom. The van der Waals surface area contributed by atoms with Gasteiger partial charge in [-0.05, 0) is 31.4 Å². The van der Waals surface area contributed by atoms with Crippen LogP contribution in [0.1, 0.15) is 44.2 Å². The van der Waals surface area contributed by atoms with E-state index in [1.165, 1.54) is 6.42 Å². The Morgan fingerprint density at radius 1 is 1.29 bits per heavy atom. The summed E-state index contributed by atoms with van der Waals surface area (Å²) in [7, 11) is 0. The molecule has 0 heterocycles. The van der Waals surface area contributed by atoms with Gasteiger partial charge in [-0.3, -0.25) is 0 Å². The lowest BCUT2D eigenvalue weighted by molar-refractivity contribution is 0.0860. The topological polar surface area (TPSA) is 32.3 Å². The maximum Gasteiger partial charge on any atom is 0.0693 e. The Hall–Kier alpha value is -0.570. The maximum atomic E-state index is 9.94. The molecule has 0 aliphatic heterocycles. The molecule has 17 heavy (non-hydrogen) atoms. The van der Waals surface area contributed by atoms with E-state index in [1.807, 2.05) is 24.3 Å². The molecule has 1 aliphatic rings. The van der Waals surface area contributed by atoms with Gasteiger partial charge in [-0.15, -0.1) is 0 Å². The minimum atomic E-state index is -0.214. The Labute approximate surface area is 108 Å². The van der Waals surface area contributed by atoms with Crippen molar-refractivity contribution in [2.45, 2.75) is 50.8 Å². The molecular formula is C14H20ClNO. The van der Waals surface area contributed by atoms with Crippen molar-refractivity contribution in [3.05, 3.63) is 34.9 Å². The van der Waals surface area contributed by atoms with Gasteiger partial charge in [0.05, 0.1) is 6.10 Å². The molecule has 0 saturated heterocycles. The second-order valence-corrected chi connectivity index (χ2v) is 5.28. The molecule has 3 atom stereocenters. The van der Waals surface area contributed by atoms with Crippen molar-refractivity contribution in [2.75, 3.05) is 0 Å². The van der Waals surface area contributed by atoms with E-state index in [4.69, 9.17) is 11.6 Å². The van der Waals surface area contributed by atoms with Gasteiger partial charge in [0, 0.05) is 17.1 Å². The summed E-state index contributed by atoms with van der Waals surface area (Å²) in [4.78, 5) is 0. The molecule has 1 aliphatic carbocycles. The molecule has 0 amide bonds. The molecule has 1 saturated carbocycles. The summed E-state index contributed by atoms with van der Waals surface area (Å²) in [6.45, 7) is 2.10. The Balaban J connectivity index is 2.01. The fourth-order valence-electron chi connectivity index (χ4n) is 2.54. The summed E-state index contributed by atoms with van der Waals surface area (Å²) in [6.07, 6.45) is 4.08. The highest BCUT2D eigenvalue weighted by Crippen LogP contribution is 2.25. The third-order valence-corrected chi connectivity index (χ3v) is 3.91. The number of hydrogen-bond acceptors (Lipinski definition) is 2.